The first kappa shape index (κ1) is 15.9. The van der Waals surface area contributed by atoms with Crippen LogP contribution in [0, 0.1) is 0 Å². The number of nitrogens with one attached hydrogen (secondary N) is 1. The van der Waals surface area contributed by atoms with Gasteiger partial charge in [-0.1, -0.05) is 30.3 Å². The lowest BCUT2D eigenvalue weighted by molar-refractivity contribution is 0.0697. The highest BCUT2D eigenvalue weighted by atomic mass is 32.2. The number of benzene rings is 2. The molecule has 1 aromatic heterocycles. The van der Waals surface area contributed by atoms with Gasteiger partial charge < -0.3 is 5.11 Å². The number of sulfonamides is 1. The molecule has 0 atom stereocenters. The molecular weight excluding hydrogens is 358 g/mol. The zero-order valence-electron chi connectivity index (χ0n) is 12.9. The zero-order valence-corrected chi connectivity index (χ0v) is 14.5. The third kappa shape index (κ3) is 2.81. The molecular formula is C18H13NO4S2. The van der Waals surface area contributed by atoms with Crippen LogP contribution < -0.4 is 4.72 Å². The fourth-order valence-electron chi connectivity index (χ4n) is 2.98. The van der Waals surface area contributed by atoms with Gasteiger partial charge >= 0.3 is 5.97 Å². The zero-order chi connectivity index (χ0) is 17.6. The summed E-state index contributed by atoms with van der Waals surface area (Å²) in [7, 11) is -3.81. The maximum Gasteiger partial charge on any atom is 0.336 e. The lowest BCUT2D eigenvalue weighted by Gasteiger charge is -2.08. The van der Waals surface area contributed by atoms with Crippen molar-refractivity contribution in [3.05, 3.63) is 70.6 Å². The van der Waals surface area contributed by atoms with Crippen LogP contribution in [-0.4, -0.2) is 19.5 Å². The molecule has 0 unspecified atom stereocenters. The Morgan fingerprint density at radius 1 is 1.04 bits per heavy atom. The Hall–Kier alpha value is -2.64. The summed E-state index contributed by atoms with van der Waals surface area (Å²) < 4.78 is 27.4. The highest BCUT2D eigenvalue weighted by Crippen LogP contribution is 2.38. The fraction of sp³-hybridized carbons (Fsp3) is 0.0556. The smallest absolute Gasteiger partial charge is 0.336 e. The number of carbonyl (C=O) groups is 1. The molecule has 1 aliphatic rings. The van der Waals surface area contributed by atoms with Crippen LogP contribution in [0.1, 0.15) is 21.5 Å². The summed E-state index contributed by atoms with van der Waals surface area (Å²) in [6.45, 7) is 0. The van der Waals surface area contributed by atoms with Crippen LogP contribution in [0.15, 0.2) is 58.1 Å². The molecule has 0 aliphatic heterocycles. The molecule has 126 valence electrons. The molecule has 0 bridgehead atoms. The van der Waals surface area contributed by atoms with Crippen LogP contribution >= 0.6 is 11.3 Å². The highest BCUT2D eigenvalue weighted by Gasteiger charge is 2.21. The van der Waals surface area contributed by atoms with Gasteiger partial charge in [0.1, 0.15) is 4.21 Å². The van der Waals surface area contributed by atoms with E-state index in [2.05, 4.69) is 16.9 Å². The summed E-state index contributed by atoms with van der Waals surface area (Å²) in [5, 5.41) is 10.3. The van der Waals surface area contributed by atoms with Gasteiger partial charge in [-0.2, -0.15) is 0 Å². The van der Waals surface area contributed by atoms with Crippen molar-refractivity contribution >= 4 is 33.0 Å². The monoisotopic (exact) mass is 371 g/mol. The molecule has 4 rings (SSSR count). The quantitative estimate of drug-likeness (QED) is 0.571. The number of carboxylic acid groups (broad SMARTS) is 1. The fourth-order valence-corrected chi connectivity index (χ4v) is 5.19. The van der Waals surface area contributed by atoms with E-state index in [-0.39, 0.29) is 9.77 Å². The number of thiophene rings is 1. The van der Waals surface area contributed by atoms with E-state index in [1.54, 1.807) is 6.07 Å². The molecule has 2 N–H and O–H groups in total. The molecule has 0 amide bonds. The van der Waals surface area contributed by atoms with Crippen molar-refractivity contribution in [2.45, 2.75) is 10.6 Å². The van der Waals surface area contributed by atoms with Crippen LogP contribution in [0.25, 0.3) is 11.1 Å². The minimum atomic E-state index is -3.81. The van der Waals surface area contributed by atoms with E-state index in [0.717, 1.165) is 28.9 Å². The van der Waals surface area contributed by atoms with Gasteiger partial charge in [0.2, 0.25) is 0 Å². The molecule has 0 fully saturated rings. The third-order valence-corrected chi connectivity index (χ3v) is 6.95. The van der Waals surface area contributed by atoms with Crippen LogP contribution in [0.4, 0.5) is 5.69 Å². The maximum absolute atomic E-state index is 12.5. The molecule has 25 heavy (non-hydrogen) atoms. The maximum atomic E-state index is 12.5. The van der Waals surface area contributed by atoms with Crippen molar-refractivity contribution in [2.75, 3.05) is 4.72 Å². The van der Waals surface area contributed by atoms with E-state index in [1.165, 1.54) is 22.6 Å². The van der Waals surface area contributed by atoms with E-state index in [4.69, 9.17) is 5.11 Å². The van der Waals surface area contributed by atoms with Crippen LogP contribution in [0.2, 0.25) is 0 Å². The normalized spacial score (nSPS) is 12.5. The second-order valence-electron chi connectivity index (χ2n) is 5.77. The van der Waals surface area contributed by atoms with Gasteiger partial charge in [-0.15, -0.1) is 11.3 Å². The topological polar surface area (TPSA) is 83.5 Å². The van der Waals surface area contributed by atoms with Crippen molar-refractivity contribution in [1.82, 2.24) is 0 Å². The lowest BCUT2D eigenvalue weighted by atomic mass is 10.1. The Labute approximate surface area is 148 Å². The predicted octanol–water partition coefficient (Wildman–Crippen LogP) is 3.82. The van der Waals surface area contributed by atoms with Crippen molar-refractivity contribution in [2.24, 2.45) is 0 Å². The van der Waals surface area contributed by atoms with Crippen LogP contribution in [0.3, 0.4) is 0 Å². The summed E-state index contributed by atoms with van der Waals surface area (Å²) >= 11 is 0.888. The van der Waals surface area contributed by atoms with E-state index in [1.807, 2.05) is 24.3 Å². The SMILES string of the molecule is O=C(O)c1csc(S(=O)(=O)Nc2ccc3c(c2)Cc2ccccc2-3)c1. The summed E-state index contributed by atoms with van der Waals surface area (Å²) in [5.74, 6) is -1.15. The van der Waals surface area contributed by atoms with Crippen molar-refractivity contribution in [3.63, 3.8) is 0 Å². The third-order valence-electron chi connectivity index (χ3n) is 4.13. The number of aromatic carboxylic acids is 1. The van der Waals surface area contributed by atoms with Crippen molar-refractivity contribution in [1.29, 1.82) is 0 Å². The second-order valence-corrected chi connectivity index (χ2v) is 8.59. The first-order chi connectivity index (χ1) is 11.9. The summed E-state index contributed by atoms with van der Waals surface area (Å²) in [6.07, 6.45) is 0.767. The molecule has 0 spiro atoms. The molecule has 2 aromatic carbocycles. The van der Waals surface area contributed by atoms with Gasteiger partial charge in [0.25, 0.3) is 10.0 Å². The molecule has 0 radical (unpaired) electrons. The molecule has 0 saturated heterocycles. The predicted molar refractivity (Wildman–Crippen MR) is 96.8 cm³/mol. The molecule has 1 heterocycles. The minimum Gasteiger partial charge on any atom is -0.478 e. The summed E-state index contributed by atoms with van der Waals surface area (Å²) in [5.41, 5.74) is 5.02. The van der Waals surface area contributed by atoms with E-state index in [9.17, 15) is 13.2 Å². The Morgan fingerprint density at radius 2 is 1.80 bits per heavy atom. The number of rotatable bonds is 4. The first-order valence-corrected chi connectivity index (χ1v) is 9.86. The van der Waals surface area contributed by atoms with Gasteiger partial charge in [0.05, 0.1) is 5.56 Å². The summed E-state index contributed by atoms with van der Waals surface area (Å²) in [4.78, 5) is 10.9. The molecule has 5 nitrogen and oxygen atoms in total. The van der Waals surface area contributed by atoms with Gasteiger partial charge in [-0.05, 0) is 46.9 Å². The molecule has 1 aliphatic carbocycles. The highest BCUT2D eigenvalue weighted by molar-refractivity contribution is 7.94. The molecule has 7 heteroatoms. The summed E-state index contributed by atoms with van der Waals surface area (Å²) in [6, 6.07) is 14.7. The van der Waals surface area contributed by atoms with E-state index >= 15 is 0 Å². The van der Waals surface area contributed by atoms with E-state index < -0.39 is 16.0 Å². The van der Waals surface area contributed by atoms with Gasteiger partial charge in [0, 0.05) is 11.1 Å². The van der Waals surface area contributed by atoms with Gasteiger partial charge in [-0.3, -0.25) is 4.72 Å². The van der Waals surface area contributed by atoms with Crippen LogP contribution in [0.5, 0.6) is 0 Å². The number of anilines is 1. The van der Waals surface area contributed by atoms with Crippen molar-refractivity contribution < 1.29 is 18.3 Å². The Kier molecular flexibility index (Phi) is 3.63. The number of hydrogen-bond donors (Lipinski definition) is 2. The second kappa shape index (κ2) is 5.72. The lowest BCUT2D eigenvalue weighted by Crippen LogP contribution is -2.11. The number of hydrogen-bond acceptors (Lipinski definition) is 4. The number of carboxylic acids is 1. The molecule has 3 aromatic rings. The number of fused-ring (bicyclic) bond motifs is 3. The average Bonchev–Trinajstić information content (AvgIpc) is 3.19. The standard InChI is InChI=1S/C18H13NO4S2/c20-18(21)13-9-17(24-10-13)25(22,23)19-14-5-6-16-12(8-14)7-11-3-1-2-4-15(11)16/h1-6,8-10,19H,7H2,(H,20,21). The Morgan fingerprint density at radius 3 is 2.56 bits per heavy atom. The first-order valence-electron chi connectivity index (χ1n) is 7.50. The Bertz CT molecular complexity index is 1100. The minimum absolute atomic E-state index is 0.0197. The van der Waals surface area contributed by atoms with Gasteiger partial charge in [0.15, 0.2) is 0 Å². The largest absolute Gasteiger partial charge is 0.478 e. The van der Waals surface area contributed by atoms with Crippen molar-refractivity contribution in [3.8, 4) is 11.1 Å². The average molecular weight is 371 g/mol. The Balaban J connectivity index is 1.63. The molecule has 0 saturated carbocycles. The van der Waals surface area contributed by atoms with Gasteiger partial charge in [-0.25, -0.2) is 13.2 Å². The van der Waals surface area contributed by atoms with E-state index in [0.29, 0.717) is 5.69 Å². The van der Waals surface area contributed by atoms with Crippen LogP contribution in [-0.2, 0) is 16.4 Å².